The van der Waals surface area contributed by atoms with Gasteiger partial charge in [-0.25, -0.2) is 0 Å². The molecule has 5 nitrogen and oxygen atoms in total. The van der Waals surface area contributed by atoms with Gasteiger partial charge in [0.25, 0.3) is 0 Å². The van der Waals surface area contributed by atoms with Crippen molar-refractivity contribution in [2.45, 2.75) is 26.2 Å². The number of H-pyrrole nitrogens is 1. The van der Waals surface area contributed by atoms with Crippen molar-refractivity contribution in [3.05, 3.63) is 54.1 Å². The number of aromatic nitrogens is 1. The van der Waals surface area contributed by atoms with Crippen LogP contribution in [0.25, 0.3) is 10.9 Å². The zero-order valence-electron chi connectivity index (χ0n) is 14.0. The molecule has 3 rings (SSSR count). The number of rotatable bonds is 5. The van der Waals surface area contributed by atoms with Gasteiger partial charge in [0, 0.05) is 11.1 Å². The highest BCUT2D eigenvalue weighted by Crippen LogP contribution is 2.35. The molecule has 3 aromatic rings. The lowest BCUT2D eigenvalue weighted by atomic mass is 10.1. The molecule has 0 saturated carbocycles. The number of thiocarbonyl (C=S) groups is 1. The van der Waals surface area contributed by atoms with E-state index in [2.05, 4.69) is 39.6 Å². The number of aryl methyl sites for hydroxylation is 1. The van der Waals surface area contributed by atoms with Gasteiger partial charge in [-0.2, -0.15) is 0 Å². The van der Waals surface area contributed by atoms with Crippen LogP contribution in [-0.2, 0) is 6.42 Å². The first-order valence-electron chi connectivity index (χ1n) is 8.28. The second-order valence-corrected chi connectivity index (χ2v) is 6.19. The highest BCUT2D eigenvalue weighted by Gasteiger charge is 2.09. The van der Waals surface area contributed by atoms with Crippen LogP contribution in [0.15, 0.2) is 58.8 Å². The van der Waals surface area contributed by atoms with E-state index in [1.165, 1.54) is 18.4 Å². The van der Waals surface area contributed by atoms with Crippen molar-refractivity contribution >= 4 is 39.6 Å². The zero-order valence-corrected chi connectivity index (χ0v) is 14.8. The van der Waals surface area contributed by atoms with Crippen LogP contribution >= 0.6 is 12.2 Å². The minimum Gasteiger partial charge on any atom is -0.493 e. The second kappa shape index (κ2) is 7.90. The molecule has 0 atom stereocenters. The number of para-hydroxylation sites is 1. The van der Waals surface area contributed by atoms with Gasteiger partial charge in [0.05, 0.1) is 5.52 Å². The zero-order chi connectivity index (χ0) is 17.6. The number of fused-ring (bicyclic) bond motifs is 1. The minimum atomic E-state index is -0.0203. The number of unbranched alkanes of at least 4 members (excludes halogenated alkanes) is 1. The number of aromatic amines is 1. The second-order valence-electron chi connectivity index (χ2n) is 5.80. The molecule has 1 heterocycles. The predicted molar refractivity (Wildman–Crippen MR) is 106 cm³/mol. The molecule has 0 aliphatic heterocycles. The van der Waals surface area contributed by atoms with E-state index in [0.717, 1.165) is 23.0 Å². The predicted octanol–water partition coefficient (Wildman–Crippen LogP) is 5.70. The average Bonchev–Trinajstić information content (AvgIpc) is 2.94. The first-order valence-corrected chi connectivity index (χ1v) is 8.69. The van der Waals surface area contributed by atoms with Crippen molar-refractivity contribution in [1.29, 1.82) is 0 Å². The number of aromatic hydroxyl groups is 1. The number of anilines is 1. The molecule has 0 radical (unpaired) electrons. The van der Waals surface area contributed by atoms with E-state index in [1.807, 2.05) is 36.4 Å². The van der Waals surface area contributed by atoms with Gasteiger partial charge in [0.2, 0.25) is 11.0 Å². The summed E-state index contributed by atoms with van der Waals surface area (Å²) in [5, 5.41) is 22.1. The first-order chi connectivity index (χ1) is 12.2. The van der Waals surface area contributed by atoms with E-state index in [0.29, 0.717) is 5.69 Å². The van der Waals surface area contributed by atoms with Crippen molar-refractivity contribution in [3.63, 3.8) is 0 Å². The van der Waals surface area contributed by atoms with Crippen LogP contribution in [0.3, 0.4) is 0 Å². The molecule has 0 aliphatic carbocycles. The summed E-state index contributed by atoms with van der Waals surface area (Å²) >= 11 is 5.21. The van der Waals surface area contributed by atoms with Crippen molar-refractivity contribution in [1.82, 2.24) is 4.98 Å². The summed E-state index contributed by atoms with van der Waals surface area (Å²) in [4.78, 5) is 2.86. The van der Waals surface area contributed by atoms with Crippen LogP contribution in [0.5, 0.6) is 5.88 Å². The first kappa shape index (κ1) is 17.1. The Morgan fingerprint density at radius 1 is 1.16 bits per heavy atom. The standard InChI is InChI=1S/C19H20N4OS/c1-2-3-6-13-9-11-14(12-10-13)20-19(25)23-22-17-15-7-4-5-8-16(15)21-18(17)24/h4-5,7-12,21,24H,2-3,6H2,1H3,(H,20,25). The minimum absolute atomic E-state index is 0.0203. The van der Waals surface area contributed by atoms with E-state index < -0.39 is 0 Å². The molecule has 0 fully saturated rings. The molecule has 2 aromatic carbocycles. The molecule has 0 unspecified atom stereocenters. The third kappa shape index (κ3) is 4.22. The Kier molecular flexibility index (Phi) is 5.40. The number of nitrogens with zero attached hydrogens (tertiary/aromatic N) is 2. The summed E-state index contributed by atoms with van der Waals surface area (Å²) in [6.07, 6.45) is 3.46. The Morgan fingerprint density at radius 3 is 2.68 bits per heavy atom. The maximum atomic E-state index is 9.97. The third-order valence-corrected chi connectivity index (χ3v) is 4.11. The van der Waals surface area contributed by atoms with E-state index in [1.54, 1.807) is 0 Å². The Bertz CT molecular complexity index is 899. The van der Waals surface area contributed by atoms with Gasteiger partial charge < -0.3 is 15.4 Å². The SMILES string of the molecule is CCCCc1ccc(NC(=S)N=Nc2c(O)[nH]c3ccccc23)cc1. The summed E-state index contributed by atoms with van der Waals surface area (Å²) < 4.78 is 0. The summed E-state index contributed by atoms with van der Waals surface area (Å²) in [5.41, 5.74) is 3.36. The molecule has 0 saturated heterocycles. The number of azo groups is 1. The fourth-order valence-corrected chi connectivity index (χ4v) is 2.75. The molecular weight excluding hydrogens is 332 g/mol. The molecular formula is C19H20N4OS. The molecule has 0 spiro atoms. The molecule has 1 aromatic heterocycles. The number of nitrogens with one attached hydrogen (secondary N) is 2. The Hall–Kier alpha value is -2.73. The van der Waals surface area contributed by atoms with Gasteiger partial charge in [0.15, 0.2) is 5.69 Å². The molecule has 3 N–H and O–H groups in total. The van der Waals surface area contributed by atoms with Gasteiger partial charge in [-0.05, 0) is 48.8 Å². The van der Waals surface area contributed by atoms with E-state index in [9.17, 15) is 5.11 Å². The summed E-state index contributed by atoms with van der Waals surface area (Å²) in [7, 11) is 0. The Morgan fingerprint density at radius 2 is 1.92 bits per heavy atom. The van der Waals surface area contributed by atoms with Gasteiger partial charge in [-0.1, -0.05) is 43.7 Å². The summed E-state index contributed by atoms with van der Waals surface area (Å²) in [6, 6.07) is 15.6. The highest BCUT2D eigenvalue weighted by molar-refractivity contribution is 7.80. The van der Waals surface area contributed by atoms with Gasteiger partial charge in [-0.3, -0.25) is 0 Å². The van der Waals surface area contributed by atoms with Crippen LogP contribution in [0.1, 0.15) is 25.3 Å². The molecule has 128 valence electrons. The fourth-order valence-electron chi connectivity index (χ4n) is 2.59. The van der Waals surface area contributed by atoms with Crippen molar-refractivity contribution in [3.8, 4) is 5.88 Å². The third-order valence-electron chi connectivity index (χ3n) is 3.92. The van der Waals surface area contributed by atoms with Gasteiger partial charge in [0.1, 0.15) is 0 Å². The smallest absolute Gasteiger partial charge is 0.218 e. The monoisotopic (exact) mass is 352 g/mol. The lowest BCUT2D eigenvalue weighted by Crippen LogP contribution is -2.04. The number of hydrogen-bond donors (Lipinski definition) is 3. The Balaban J connectivity index is 1.67. The normalized spacial score (nSPS) is 11.2. The number of hydrogen-bond acceptors (Lipinski definition) is 3. The van der Waals surface area contributed by atoms with Crippen LogP contribution in [0, 0.1) is 0 Å². The molecule has 0 aliphatic rings. The van der Waals surface area contributed by atoms with Crippen LogP contribution in [-0.4, -0.2) is 15.2 Å². The van der Waals surface area contributed by atoms with Gasteiger partial charge >= 0.3 is 0 Å². The largest absolute Gasteiger partial charge is 0.493 e. The molecule has 25 heavy (non-hydrogen) atoms. The van der Waals surface area contributed by atoms with Crippen molar-refractivity contribution in [2.75, 3.05) is 5.32 Å². The van der Waals surface area contributed by atoms with Crippen LogP contribution in [0.4, 0.5) is 11.4 Å². The van der Waals surface area contributed by atoms with E-state index >= 15 is 0 Å². The quantitative estimate of drug-likeness (QED) is 0.407. The summed E-state index contributed by atoms with van der Waals surface area (Å²) in [6.45, 7) is 2.19. The van der Waals surface area contributed by atoms with E-state index in [4.69, 9.17) is 12.2 Å². The van der Waals surface area contributed by atoms with Crippen molar-refractivity contribution in [2.24, 2.45) is 10.2 Å². The lowest BCUT2D eigenvalue weighted by molar-refractivity contribution is 0.459. The van der Waals surface area contributed by atoms with Crippen molar-refractivity contribution < 1.29 is 5.11 Å². The lowest BCUT2D eigenvalue weighted by Gasteiger charge is -2.05. The number of benzene rings is 2. The fraction of sp³-hybridized carbons (Fsp3) is 0.211. The van der Waals surface area contributed by atoms with E-state index in [-0.39, 0.29) is 11.0 Å². The maximum Gasteiger partial charge on any atom is 0.218 e. The average molecular weight is 352 g/mol. The van der Waals surface area contributed by atoms with Gasteiger partial charge in [-0.15, -0.1) is 10.2 Å². The topological polar surface area (TPSA) is 72.8 Å². The Labute approximate surface area is 151 Å². The molecule has 0 amide bonds. The van der Waals surface area contributed by atoms with Crippen LogP contribution < -0.4 is 5.32 Å². The maximum absolute atomic E-state index is 9.97. The molecule has 0 bridgehead atoms. The highest BCUT2D eigenvalue weighted by atomic mass is 32.1. The summed E-state index contributed by atoms with van der Waals surface area (Å²) in [5.74, 6) is -0.0203. The van der Waals surface area contributed by atoms with Crippen LogP contribution in [0.2, 0.25) is 0 Å². The molecule has 6 heteroatoms.